The molecule has 3 heteroatoms. The number of para-hydroxylation sites is 4. The average molecular weight is 716 g/mol. The molecule has 0 saturated carbocycles. The van der Waals surface area contributed by atoms with Gasteiger partial charge in [0.1, 0.15) is 17.1 Å². The molecule has 12 rings (SSSR count). The molecule has 1 spiro atoms. The molecule has 1 aliphatic carbocycles. The van der Waals surface area contributed by atoms with Crippen LogP contribution < -0.4 is 9.64 Å². The Hall–Kier alpha value is -7.36. The van der Waals surface area contributed by atoms with Crippen LogP contribution >= 0.6 is 0 Å². The van der Waals surface area contributed by atoms with Crippen molar-refractivity contribution >= 4 is 49.8 Å². The molecule has 1 aromatic heterocycles. The molecule has 3 nitrogen and oxygen atoms in total. The summed E-state index contributed by atoms with van der Waals surface area (Å²) in [5.74, 6) is 1.78. The second kappa shape index (κ2) is 11.8. The van der Waals surface area contributed by atoms with Crippen molar-refractivity contribution < 1.29 is 9.15 Å². The smallest absolute Gasteiger partial charge is 0.159 e. The van der Waals surface area contributed by atoms with Crippen molar-refractivity contribution in [2.24, 2.45) is 0 Å². The van der Waals surface area contributed by atoms with Crippen molar-refractivity contribution in [1.82, 2.24) is 0 Å². The van der Waals surface area contributed by atoms with E-state index in [2.05, 4.69) is 193 Å². The van der Waals surface area contributed by atoms with Crippen LogP contribution in [0, 0.1) is 0 Å². The number of rotatable bonds is 4. The van der Waals surface area contributed by atoms with E-state index in [9.17, 15) is 0 Å². The van der Waals surface area contributed by atoms with Crippen LogP contribution in [0.5, 0.6) is 11.5 Å². The molecule has 0 N–H and O–H groups in total. The minimum absolute atomic E-state index is 0.550. The van der Waals surface area contributed by atoms with Gasteiger partial charge in [-0.1, -0.05) is 152 Å². The van der Waals surface area contributed by atoms with Gasteiger partial charge in [-0.05, 0) is 87.1 Å². The summed E-state index contributed by atoms with van der Waals surface area (Å²) in [4.78, 5) is 2.29. The molecular formula is C53H33NO2. The van der Waals surface area contributed by atoms with Crippen molar-refractivity contribution in [2.75, 3.05) is 4.90 Å². The van der Waals surface area contributed by atoms with E-state index in [-0.39, 0.29) is 0 Å². The number of furan rings is 1. The molecule has 0 unspecified atom stereocenters. The Morgan fingerprint density at radius 1 is 0.411 bits per heavy atom. The number of anilines is 3. The van der Waals surface area contributed by atoms with Crippen LogP contribution in [0.2, 0.25) is 0 Å². The number of ether oxygens (including phenoxy) is 1. The molecule has 56 heavy (non-hydrogen) atoms. The zero-order valence-corrected chi connectivity index (χ0v) is 30.3. The molecule has 10 aromatic rings. The Morgan fingerprint density at radius 2 is 1.00 bits per heavy atom. The lowest BCUT2D eigenvalue weighted by Gasteiger charge is -2.40. The van der Waals surface area contributed by atoms with Crippen LogP contribution in [-0.2, 0) is 5.41 Å². The summed E-state index contributed by atoms with van der Waals surface area (Å²) in [6, 6.07) is 71.7. The first-order valence-corrected chi connectivity index (χ1v) is 19.2. The van der Waals surface area contributed by atoms with E-state index in [1.807, 2.05) is 12.1 Å². The van der Waals surface area contributed by atoms with Crippen LogP contribution in [0.4, 0.5) is 17.1 Å². The minimum Gasteiger partial charge on any atom is -0.456 e. The molecule has 0 fully saturated rings. The van der Waals surface area contributed by atoms with Gasteiger partial charge in [0.2, 0.25) is 0 Å². The van der Waals surface area contributed by atoms with Gasteiger partial charge in [0.05, 0.1) is 11.1 Å². The van der Waals surface area contributed by atoms with E-state index in [0.29, 0.717) is 0 Å². The van der Waals surface area contributed by atoms with Crippen molar-refractivity contribution in [3.05, 3.63) is 222 Å². The Bertz CT molecular complexity index is 3130. The minimum atomic E-state index is -0.550. The molecule has 2 aliphatic rings. The normalized spacial score (nSPS) is 13.3. The van der Waals surface area contributed by atoms with Gasteiger partial charge in [-0.2, -0.15) is 0 Å². The second-order valence-corrected chi connectivity index (χ2v) is 14.8. The molecule has 1 aliphatic heterocycles. The summed E-state index contributed by atoms with van der Waals surface area (Å²) in [7, 11) is 0. The fourth-order valence-electron chi connectivity index (χ4n) is 9.54. The lowest BCUT2D eigenvalue weighted by atomic mass is 9.65. The zero-order valence-electron chi connectivity index (χ0n) is 30.3. The van der Waals surface area contributed by atoms with Crippen LogP contribution in [-0.4, -0.2) is 0 Å². The highest BCUT2D eigenvalue weighted by Gasteiger charge is 2.51. The van der Waals surface area contributed by atoms with E-state index >= 15 is 0 Å². The number of benzene rings is 9. The third-order valence-electron chi connectivity index (χ3n) is 11.9. The standard InChI is InChI=1S/C53H33NO2/c1-2-16-37(17-3-1)54(48-26-13-22-43-42-20-8-11-27-49(42)55-52(43)48)38-30-28-34(29-31-38)39-21-12-25-46-51(39)56-50-33-36-15-5-4-14-35(36)32-47(50)53(46)44-23-9-6-18-40(44)41-19-7-10-24-45(41)53/h1-33H. The van der Waals surface area contributed by atoms with Crippen LogP contribution in [0.15, 0.2) is 205 Å². The Balaban J connectivity index is 1.06. The topological polar surface area (TPSA) is 25.6 Å². The maximum absolute atomic E-state index is 7.16. The van der Waals surface area contributed by atoms with Crippen molar-refractivity contribution in [3.63, 3.8) is 0 Å². The first-order valence-electron chi connectivity index (χ1n) is 19.2. The third kappa shape index (κ3) is 4.28. The van der Waals surface area contributed by atoms with Crippen LogP contribution in [0.1, 0.15) is 22.3 Å². The monoisotopic (exact) mass is 715 g/mol. The van der Waals surface area contributed by atoms with E-state index < -0.39 is 5.41 Å². The fourth-order valence-corrected chi connectivity index (χ4v) is 9.54. The first-order chi connectivity index (χ1) is 27.8. The highest BCUT2D eigenvalue weighted by Crippen LogP contribution is 2.63. The van der Waals surface area contributed by atoms with Gasteiger partial charge < -0.3 is 14.1 Å². The second-order valence-electron chi connectivity index (χ2n) is 14.8. The molecule has 0 atom stereocenters. The summed E-state index contributed by atoms with van der Waals surface area (Å²) in [6.45, 7) is 0. The maximum atomic E-state index is 7.16. The SMILES string of the molecule is c1ccc(N(c2ccc(-c3cccc4c3Oc3cc5ccccc5cc3C43c4ccccc4-c4ccccc43)cc2)c2cccc3c2oc2ccccc23)cc1. The average Bonchev–Trinajstić information content (AvgIpc) is 3.79. The van der Waals surface area contributed by atoms with Gasteiger partial charge in [-0.25, -0.2) is 0 Å². The summed E-state index contributed by atoms with van der Waals surface area (Å²) in [5, 5.41) is 4.57. The Morgan fingerprint density at radius 3 is 1.79 bits per heavy atom. The summed E-state index contributed by atoms with van der Waals surface area (Å²) in [5.41, 5.74) is 13.8. The molecule has 2 heterocycles. The lowest BCUT2D eigenvalue weighted by Crippen LogP contribution is -2.32. The van der Waals surface area contributed by atoms with E-state index in [1.54, 1.807) is 0 Å². The number of fused-ring (bicyclic) bond motifs is 13. The van der Waals surface area contributed by atoms with Gasteiger partial charge in [-0.15, -0.1) is 0 Å². The van der Waals surface area contributed by atoms with Gasteiger partial charge >= 0.3 is 0 Å². The maximum Gasteiger partial charge on any atom is 0.159 e. The predicted molar refractivity (Wildman–Crippen MR) is 229 cm³/mol. The summed E-state index contributed by atoms with van der Waals surface area (Å²) in [6.07, 6.45) is 0. The number of hydrogen-bond donors (Lipinski definition) is 0. The zero-order chi connectivity index (χ0) is 36.8. The molecule has 0 saturated heterocycles. The predicted octanol–water partition coefficient (Wildman–Crippen LogP) is 14.3. The third-order valence-corrected chi connectivity index (χ3v) is 11.9. The van der Waals surface area contributed by atoms with Crippen molar-refractivity contribution in [1.29, 1.82) is 0 Å². The highest BCUT2D eigenvalue weighted by molar-refractivity contribution is 6.10. The Labute approximate surface area is 324 Å². The van der Waals surface area contributed by atoms with E-state index in [4.69, 9.17) is 9.15 Å². The number of nitrogens with zero attached hydrogens (tertiary/aromatic N) is 1. The molecule has 9 aromatic carbocycles. The van der Waals surface area contributed by atoms with Gasteiger partial charge in [0.15, 0.2) is 5.58 Å². The van der Waals surface area contributed by atoms with Gasteiger partial charge in [-0.3, -0.25) is 0 Å². The molecule has 0 amide bonds. The quantitative estimate of drug-likeness (QED) is 0.181. The summed E-state index contributed by atoms with van der Waals surface area (Å²) >= 11 is 0. The van der Waals surface area contributed by atoms with Gasteiger partial charge in [0.25, 0.3) is 0 Å². The first kappa shape index (κ1) is 31.0. The van der Waals surface area contributed by atoms with E-state index in [1.165, 1.54) is 33.2 Å². The van der Waals surface area contributed by atoms with Crippen LogP contribution in [0.3, 0.4) is 0 Å². The molecule has 0 radical (unpaired) electrons. The van der Waals surface area contributed by atoms with Crippen LogP contribution in [0.25, 0.3) is 55.0 Å². The van der Waals surface area contributed by atoms with Crippen molar-refractivity contribution in [3.8, 4) is 33.8 Å². The largest absolute Gasteiger partial charge is 0.456 e. The molecule has 262 valence electrons. The molecular weight excluding hydrogens is 683 g/mol. The Kier molecular flexibility index (Phi) is 6.55. The number of hydrogen-bond acceptors (Lipinski definition) is 3. The fraction of sp³-hybridized carbons (Fsp3) is 0.0189. The highest BCUT2D eigenvalue weighted by atomic mass is 16.5. The molecule has 0 bridgehead atoms. The van der Waals surface area contributed by atoms with Crippen molar-refractivity contribution in [2.45, 2.75) is 5.41 Å². The lowest BCUT2D eigenvalue weighted by molar-refractivity contribution is 0.439. The van der Waals surface area contributed by atoms with E-state index in [0.717, 1.165) is 72.6 Å². The van der Waals surface area contributed by atoms with Gasteiger partial charge in [0, 0.05) is 38.8 Å². The summed E-state index contributed by atoms with van der Waals surface area (Å²) < 4.78 is 13.7.